The smallest absolute Gasteiger partial charge is 0.188 e. The summed E-state index contributed by atoms with van der Waals surface area (Å²) in [5, 5.41) is 3.34. The molecule has 0 saturated carbocycles. The highest BCUT2D eigenvalue weighted by Gasteiger charge is 2.02. The highest BCUT2D eigenvalue weighted by Crippen LogP contribution is 2.21. The van der Waals surface area contributed by atoms with Crippen LogP contribution in [-0.2, 0) is 5.75 Å². The summed E-state index contributed by atoms with van der Waals surface area (Å²) in [5.74, 6) is 0.761. The third-order valence-corrected chi connectivity index (χ3v) is 3.31. The average molecular weight is 238 g/mol. The molecule has 0 bridgehead atoms. The Balaban J connectivity index is 1.99. The van der Waals surface area contributed by atoms with E-state index in [0.717, 1.165) is 22.3 Å². The molecule has 0 aliphatic heterocycles. The molecule has 0 aromatic carbocycles. The van der Waals surface area contributed by atoms with Gasteiger partial charge in [0.2, 0.25) is 0 Å². The fourth-order valence-corrected chi connectivity index (χ4v) is 2.46. The first-order valence-electron chi connectivity index (χ1n) is 4.36. The number of thioether (sulfide) groups is 1. The third-order valence-electron chi connectivity index (χ3n) is 1.69. The van der Waals surface area contributed by atoms with Gasteiger partial charge in [0.15, 0.2) is 10.3 Å². The van der Waals surface area contributed by atoms with Gasteiger partial charge in [0.05, 0.1) is 5.69 Å². The lowest BCUT2D eigenvalue weighted by Crippen LogP contribution is -1.90. The van der Waals surface area contributed by atoms with E-state index in [0.29, 0.717) is 5.13 Å². The number of hydrogen-bond donors (Lipinski definition) is 1. The topological polar surface area (TPSA) is 64.7 Å². The van der Waals surface area contributed by atoms with Crippen LogP contribution in [0.1, 0.15) is 11.4 Å². The van der Waals surface area contributed by atoms with Gasteiger partial charge in [0, 0.05) is 23.0 Å². The molecule has 2 aromatic heterocycles. The van der Waals surface area contributed by atoms with Crippen LogP contribution in [0.3, 0.4) is 0 Å². The zero-order valence-electron chi connectivity index (χ0n) is 8.17. The molecule has 15 heavy (non-hydrogen) atoms. The van der Waals surface area contributed by atoms with Crippen molar-refractivity contribution in [3.8, 4) is 0 Å². The molecule has 0 spiro atoms. The molecule has 78 valence electrons. The lowest BCUT2D eigenvalue weighted by Gasteiger charge is -1.98. The Labute approximate surface area is 96.0 Å². The zero-order valence-corrected chi connectivity index (χ0v) is 9.81. The first-order chi connectivity index (χ1) is 7.24. The molecular formula is C9H10N4S2. The van der Waals surface area contributed by atoms with E-state index in [1.165, 1.54) is 11.3 Å². The number of rotatable bonds is 3. The first kappa shape index (κ1) is 10.4. The van der Waals surface area contributed by atoms with Gasteiger partial charge in [-0.15, -0.1) is 11.3 Å². The Morgan fingerprint density at radius 1 is 1.47 bits per heavy atom. The van der Waals surface area contributed by atoms with E-state index in [-0.39, 0.29) is 0 Å². The highest BCUT2D eigenvalue weighted by atomic mass is 32.2. The SMILES string of the molecule is Cc1ccnc(SCc2csc(N)n2)n1. The number of anilines is 1. The van der Waals surface area contributed by atoms with Crippen LogP contribution in [0.25, 0.3) is 0 Å². The maximum atomic E-state index is 5.54. The number of aromatic nitrogens is 3. The van der Waals surface area contributed by atoms with Crippen LogP contribution in [-0.4, -0.2) is 15.0 Å². The van der Waals surface area contributed by atoms with E-state index in [1.807, 2.05) is 18.4 Å². The molecular weight excluding hydrogens is 228 g/mol. The molecule has 6 heteroatoms. The van der Waals surface area contributed by atoms with Crippen LogP contribution in [0.5, 0.6) is 0 Å². The minimum Gasteiger partial charge on any atom is -0.375 e. The Morgan fingerprint density at radius 3 is 3.00 bits per heavy atom. The number of nitrogens with two attached hydrogens (primary N) is 1. The molecule has 0 aliphatic carbocycles. The van der Waals surface area contributed by atoms with E-state index >= 15 is 0 Å². The van der Waals surface area contributed by atoms with Gasteiger partial charge in [-0.3, -0.25) is 0 Å². The molecule has 0 saturated heterocycles. The van der Waals surface area contributed by atoms with Crippen LogP contribution >= 0.6 is 23.1 Å². The molecule has 0 radical (unpaired) electrons. The molecule has 4 nitrogen and oxygen atoms in total. The second-order valence-corrected chi connectivity index (χ2v) is 4.78. The summed E-state index contributed by atoms with van der Waals surface area (Å²) in [4.78, 5) is 12.6. The summed E-state index contributed by atoms with van der Waals surface area (Å²) in [6, 6.07) is 1.88. The average Bonchev–Trinajstić information content (AvgIpc) is 2.62. The highest BCUT2D eigenvalue weighted by molar-refractivity contribution is 7.98. The number of thiazole rings is 1. The van der Waals surface area contributed by atoms with Crippen LogP contribution < -0.4 is 5.73 Å². The van der Waals surface area contributed by atoms with Crippen LogP contribution in [0.2, 0.25) is 0 Å². The summed E-state index contributed by atoms with van der Waals surface area (Å²) in [5.41, 5.74) is 7.49. The summed E-state index contributed by atoms with van der Waals surface area (Å²) < 4.78 is 0. The fourth-order valence-electron chi connectivity index (χ4n) is 1.02. The Kier molecular flexibility index (Phi) is 3.17. The van der Waals surface area contributed by atoms with Crippen LogP contribution in [0, 0.1) is 6.92 Å². The molecule has 2 rings (SSSR count). The minimum atomic E-state index is 0.607. The largest absolute Gasteiger partial charge is 0.375 e. The Bertz CT molecular complexity index is 455. The Hall–Kier alpha value is -1.14. The summed E-state index contributed by atoms with van der Waals surface area (Å²) >= 11 is 3.02. The van der Waals surface area contributed by atoms with E-state index in [1.54, 1.807) is 18.0 Å². The molecule has 0 unspecified atom stereocenters. The van der Waals surface area contributed by atoms with Gasteiger partial charge in [-0.2, -0.15) is 0 Å². The van der Waals surface area contributed by atoms with Gasteiger partial charge in [-0.25, -0.2) is 15.0 Å². The first-order valence-corrected chi connectivity index (χ1v) is 6.23. The van der Waals surface area contributed by atoms with E-state index in [2.05, 4.69) is 15.0 Å². The van der Waals surface area contributed by atoms with Crippen molar-refractivity contribution in [1.29, 1.82) is 0 Å². The predicted octanol–water partition coefficient (Wildman–Crippen LogP) is 2.12. The molecule has 2 aromatic rings. The molecule has 2 heterocycles. The van der Waals surface area contributed by atoms with Crippen LogP contribution in [0.4, 0.5) is 5.13 Å². The van der Waals surface area contributed by atoms with Crippen molar-refractivity contribution in [2.24, 2.45) is 0 Å². The van der Waals surface area contributed by atoms with Crippen molar-refractivity contribution in [3.05, 3.63) is 29.0 Å². The van der Waals surface area contributed by atoms with Crippen molar-refractivity contribution in [2.45, 2.75) is 17.8 Å². The third kappa shape index (κ3) is 2.90. The summed E-state index contributed by atoms with van der Waals surface area (Å²) in [6.45, 7) is 1.95. The standard InChI is InChI=1S/C9H10N4S2/c1-6-2-3-11-9(12-6)15-5-7-4-14-8(10)13-7/h2-4H,5H2,1H3,(H2,10,13). The minimum absolute atomic E-state index is 0.607. The van der Waals surface area contributed by atoms with Crippen molar-refractivity contribution in [3.63, 3.8) is 0 Å². The van der Waals surface area contributed by atoms with Gasteiger partial charge in [0.25, 0.3) is 0 Å². The van der Waals surface area contributed by atoms with Crippen LogP contribution in [0.15, 0.2) is 22.8 Å². The van der Waals surface area contributed by atoms with Gasteiger partial charge in [0.1, 0.15) is 0 Å². The second-order valence-electron chi connectivity index (χ2n) is 2.95. The lowest BCUT2D eigenvalue weighted by atomic mass is 10.5. The fraction of sp³-hybridized carbons (Fsp3) is 0.222. The molecule has 0 atom stereocenters. The number of nitrogens with zero attached hydrogens (tertiary/aromatic N) is 3. The van der Waals surface area contributed by atoms with E-state index in [4.69, 9.17) is 5.73 Å². The van der Waals surface area contributed by atoms with E-state index in [9.17, 15) is 0 Å². The van der Waals surface area contributed by atoms with Crippen molar-refractivity contribution < 1.29 is 0 Å². The maximum absolute atomic E-state index is 5.54. The lowest BCUT2D eigenvalue weighted by molar-refractivity contribution is 0.931. The summed E-state index contributed by atoms with van der Waals surface area (Å²) in [7, 11) is 0. The van der Waals surface area contributed by atoms with E-state index < -0.39 is 0 Å². The molecule has 0 aliphatic rings. The van der Waals surface area contributed by atoms with Crippen molar-refractivity contribution >= 4 is 28.2 Å². The second kappa shape index (κ2) is 4.59. The number of hydrogen-bond acceptors (Lipinski definition) is 6. The zero-order chi connectivity index (χ0) is 10.7. The monoisotopic (exact) mass is 238 g/mol. The number of aryl methyl sites for hydroxylation is 1. The maximum Gasteiger partial charge on any atom is 0.188 e. The summed E-state index contributed by atoms with van der Waals surface area (Å²) in [6.07, 6.45) is 1.76. The molecule has 0 fully saturated rings. The molecule has 0 amide bonds. The predicted molar refractivity (Wildman–Crippen MR) is 62.9 cm³/mol. The van der Waals surface area contributed by atoms with Gasteiger partial charge in [-0.05, 0) is 13.0 Å². The van der Waals surface area contributed by atoms with Gasteiger partial charge >= 0.3 is 0 Å². The van der Waals surface area contributed by atoms with Crippen molar-refractivity contribution in [1.82, 2.24) is 15.0 Å². The number of nitrogen functional groups attached to an aromatic ring is 1. The molecule has 2 N–H and O–H groups in total. The van der Waals surface area contributed by atoms with Crippen molar-refractivity contribution in [2.75, 3.05) is 5.73 Å². The van der Waals surface area contributed by atoms with Gasteiger partial charge in [-0.1, -0.05) is 11.8 Å². The quantitative estimate of drug-likeness (QED) is 0.655. The van der Waals surface area contributed by atoms with Gasteiger partial charge < -0.3 is 5.73 Å². The normalized spacial score (nSPS) is 10.5. The Morgan fingerprint density at radius 2 is 2.33 bits per heavy atom.